The lowest BCUT2D eigenvalue weighted by Gasteiger charge is -2.18. The van der Waals surface area contributed by atoms with E-state index in [9.17, 15) is 4.79 Å². The molecule has 0 spiro atoms. The second-order valence-electron chi connectivity index (χ2n) is 1.70. The Morgan fingerprint density at radius 1 is 1.75 bits per heavy atom. The van der Waals surface area contributed by atoms with Crippen LogP contribution in [0.2, 0.25) is 0 Å². The molecule has 1 fully saturated rings. The first-order valence-electron chi connectivity index (χ1n) is 2.51. The maximum atomic E-state index is 10.3. The van der Waals surface area contributed by atoms with Gasteiger partial charge in [0, 0.05) is 13.0 Å². The Balaban J connectivity index is 2.34. The Kier molecular flexibility index (Phi) is 1.34. The van der Waals surface area contributed by atoms with Crippen LogP contribution in [0.25, 0.3) is 0 Å². The SMILES string of the molecule is O=C1NCC[C@@H](O)N1. The minimum atomic E-state index is -0.649. The first kappa shape index (κ1) is 5.37. The van der Waals surface area contributed by atoms with E-state index in [1.54, 1.807) is 0 Å². The van der Waals surface area contributed by atoms with Gasteiger partial charge in [0.1, 0.15) is 6.23 Å². The van der Waals surface area contributed by atoms with Crippen molar-refractivity contribution in [3.05, 3.63) is 0 Å². The summed E-state index contributed by atoms with van der Waals surface area (Å²) in [5.74, 6) is 0. The van der Waals surface area contributed by atoms with Crippen LogP contribution in [0.1, 0.15) is 6.42 Å². The van der Waals surface area contributed by atoms with Crippen LogP contribution >= 0.6 is 0 Å². The predicted molar refractivity (Wildman–Crippen MR) is 27.2 cm³/mol. The number of hydrogen-bond donors (Lipinski definition) is 3. The first-order valence-corrected chi connectivity index (χ1v) is 2.51. The van der Waals surface area contributed by atoms with E-state index in [1.807, 2.05) is 0 Å². The summed E-state index contributed by atoms with van der Waals surface area (Å²) in [5, 5.41) is 13.5. The second-order valence-corrected chi connectivity index (χ2v) is 1.70. The van der Waals surface area contributed by atoms with Gasteiger partial charge in [0.05, 0.1) is 0 Å². The molecule has 1 atom stereocenters. The van der Waals surface area contributed by atoms with Gasteiger partial charge in [-0.15, -0.1) is 0 Å². The van der Waals surface area contributed by atoms with E-state index in [-0.39, 0.29) is 6.03 Å². The Morgan fingerprint density at radius 3 is 2.88 bits per heavy atom. The molecule has 46 valence electrons. The molecule has 1 rings (SSSR count). The molecule has 1 aliphatic rings. The molecule has 1 heterocycles. The van der Waals surface area contributed by atoms with Crippen LogP contribution in [0.4, 0.5) is 4.79 Å². The average molecular weight is 116 g/mol. The molecule has 3 N–H and O–H groups in total. The van der Waals surface area contributed by atoms with Crippen LogP contribution in [0.15, 0.2) is 0 Å². The van der Waals surface area contributed by atoms with Gasteiger partial charge in [-0.25, -0.2) is 4.79 Å². The average Bonchev–Trinajstić information content (AvgIpc) is 1.64. The number of amides is 2. The van der Waals surface area contributed by atoms with Gasteiger partial charge in [0.25, 0.3) is 0 Å². The number of aliphatic hydroxyl groups excluding tert-OH is 1. The Morgan fingerprint density at radius 2 is 2.50 bits per heavy atom. The Bertz CT molecular complexity index is 104. The van der Waals surface area contributed by atoms with Gasteiger partial charge in [0.15, 0.2) is 0 Å². The minimum absolute atomic E-state index is 0.288. The van der Waals surface area contributed by atoms with Gasteiger partial charge in [-0.3, -0.25) is 0 Å². The number of hydrogen-bond acceptors (Lipinski definition) is 2. The van der Waals surface area contributed by atoms with Crippen molar-refractivity contribution in [1.29, 1.82) is 0 Å². The van der Waals surface area contributed by atoms with Crippen LogP contribution in [-0.4, -0.2) is 23.9 Å². The van der Waals surface area contributed by atoms with Crippen LogP contribution in [0.3, 0.4) is 0 Å². The normalized spacial score (nSPS) is 28.6. The fourth-order valence-electron chi connectivity index (χ4n) is 0.597. The predicted octanol–water partition coefficient (Wildman–Crippen LogP) is -0.992. The van der Waals surface area contributed by atoms with Crippen LogP contribution in [-0.2, 0) is 0 Å². The maximum Gasteiger partial charge on any atom is 0.316 e. The monoisotopic (exact) mass is 116 g/mol. The fourth-order valence-corrected chi connectivity index (χ4v) is 0.597. The molecule has 4 nitrogen and oxygen atoms in total. The van der Waals surface area contributed by atoms with Crippen molar-refractivity contribution in [3.8, 4) is 0 Å². The van der Waals surface area contributed by atoms with Crippen molar-refractivity contribution in [2.75, 3.05) is 6.54 Å². The van der Waals surface area contributed by atoms with Crippen molar-refractivity contribution < 1.29 is 9.90 Å². The number of rotatable bonds is 0. The Labute approximate surface area is 46.9 Å². The van der Waals surface area contributed by atoms with E-state index in [0.29, 0.717) is 13.0 Å². The third-order valence-corrected chi connectivity index (χ3v) is 1.00. The van der Waals surface area contributed by atoms with E-state index in [4.69, 9.17) is 5.11 Å². The molecule has 0 unspecified atom stereocenters. The lowest BCUT2D eigenvalue weighted by atomic mass is 10.3. The summed E-state index contributed by atoms with van der Waals surface area (Å²) >= 11 is 0. The zero-order chi connectivity index (χ0) is 5.98. The molecule has 0 aromatic rings. The molecule has 0 radical (unpaired) electrons. The highest BCUT2D eigenvalue weighted by atomic mass is 16.3. The third-order valence-electron chi connectivity index (χ3n) is 1.00. The van der Waals surface area contributed by atoms with Crippen molar-refractivity contribution in [1.82, 2.24) is 10.6 Å². The maximum absolute atomic E-state index is 10.3. The molecule has 0 saturated carbocycles. The minimum Gasteiger partial charge on any atom is -0.374 e. The standard InChI is InChI=1S/C4H8N2O2/c7-3-1-2-5-4(8)6-3/h3,7H,1-2H2,(H2,5,6,8)/t3-/m1/s1. The summed E-state index contributed by atoms with van der Waals surface area (Å²) in [6.07, 6.45) is -0.0603. The van der Waals surface area contributed by atoms with Crippen LogP contribution < -0.4 is 10.6 Å². The summed E-state index contributed by atoms with van der Waals surface area (Å²) in [6, 6.07) is -0.288. The number of nitrogens with one attached hydrogen (secondary N) is 2. The summed E-state index contributed by atoms with van der Waals surface area (Å²) in [6.45, 7) is 0.562. The Hall–Kier alpha value is -0.770. The zero-order valence-electron chi connectivity index (χ0n) is 4.35. The summed E-state index contributed by atoms with van der Waals surface area (Å²) < 4.78 is 0. The van der Waals surface area contributed by atoms with Crippen LogP contribution in [0, 0.1) is 0 Å². The largest absolute Gasteiger partial charge is 0.374 e. The first-order chi connectivity index (χ1) is 3.79. The number of carbonyl (C=O) groups excluding carboxylic acids is 1. The van der Waals surface area contributed by atoms with Gasteiger partial charge in [-0.05, 0) is 0 Å². The molecule has 1 saturated heterocycles. The smallest absolute Gasteiger partial charge is 0.316 e. The van der Waals surface area contributed by atoms with E-state index >= 15 is 0 Å². The van der Waals surface area contributed by atoms with Crippen molar-refractivity contribution in [2.45, 2.75) is 12.6 Å². The van der Waals surface area contributed by atoms with Gasteiger partial charge >= 0.3 is 6.03 Å². The summed E-state index contributed by atoms with van der Waals surface area (Å²) in [5.41, 5.74) is 0. The summed E-state index contributed by atoms with van der Waals surface area (Å²) in [4.78, 5) is 10.3. The lowest BCUT2D eigenvalue weighted by molar-refractivity contribution is 0.119. The van der Waals surface area contributed by atoms with Gasteiger partial charge in [-0.2, -0.15) is 0 Å². The summed E-state index contributed by atoms with van der Waals surface area (Å²) in [7, 11) is 0. The fraction of sp³-hybridized carbons (Fsp3) is 0.750. The second kappa shape index (κ2) is 2.00. The molecule has 8 heavy (non-hydrogen) atoms. The van der Waals surface area contributed by atoms with Gasteiger partial charge < -0.3 is 15.7 Å². The quantitative estimate of drug-likeness (QED) is 0.380. The van der Waals surface area contributed by atoms with Crippen molar-refractivity contribution in [2.24, 2.45) is 0 Å². The van der Waals surface area contributed by atoms with Crippen molar-refractivity contribution in [3.63, 3.8) is 0 Å². The van der Waals surface area contributed by atoms with Crippen molar-refractivity contribution >= 4 is 6.03 Å². The molecule has 0 aromatic heterocycles. The van der Waals surface area contributed by atoms with Crippen LogP contribution in [0.5, 0.6) is 0 Å². The highest BCUT2D eigenvalue weighted by Gasteiger charge is 2.12. The molecular weight excluding hydrogens is 108 g/mol. The van der Waals surface area contributed by atoms with E-state index in [0.717, 1.165) is 0 Å². The molecular formula is C4H8N2O2. The zero-order valence-corrected chi connectivity index (χ0v) is 4.35. The molecule has 0 bridgehead atoms. The number of carbonyl (C=O) groups is 1. The van der Waals surface area contributed by atoms with E-state index in [1.165, 1.54) is 0 Å². The van der Waals surface area contributed by atoms with Gasteiger partial charge in [-0.1, -0.05) is 0 Å². The van der Waals surface area contributed by atoms with Gasteiger partial charge in [0.2, 0.25) is 0 Å². The molecule has 0 aromatic carbocycles. The number of urea groups is 1. The lowest BCUT2D eigenvalue weighted by Crippen LogP contribution is -2.48. The van der Waals surface area contributed by atoms with E-state index < -0.39 is 6.23 Å². The highest BCUT2D eigenvalue weighted by molar-refractivity contribution is 5.74. The van der Waals surface area contributed by atoms with E-state index in [2.05, 4.69) is 10.6 Å². The number of aliphatic hydroxyl groups is 1. The topological polar surface area (TPSA) is 61.4 Å². The third kappa shape index (κ3) is 1.10. The molecule has 1 aliphatic heterocycles. The molecule has 2 amide bonds. The highest BCUT2D eigenvalue weighted by Crippen LogP contribution is 1.89. The molecule has 4 heteroatoms. The molecule has 0 aliphatic carbocycles.